The minimum Gasteiger partial charge on any atom is -0.497 e. The summed E-state index contributed by atoms with van der Waals surface area (Å²) in [6.45, 7) is 2.24. The summed E-state index contributed by atoms with van der Waals surface area (Å²) in [4.78, 5) is 11.1. The van der Waals surface area contributed by atoms with Gasteiger partial charge in [0.2, 0.25) is 5.91 Å². The minimum absolute atomic E-state index is 0.0255. The van der Waals surface area contributed by atoms with Gasteiger partial charge >= 0.3 is 0 Å². The van der Waals surface area contributed by atoms with Crippen LogP contribution in [0.3, 0.4) is 0 Å². The molecule has 0 atom stereocenters. The number of carbonyl (C=O) groups excluding carboxylic acids is 1. The SMILES string of the molecule is COc1ccc2cc(CC3CCC3)cc(CCNC(C)=O)c2c1. The molecule has 0 heterocycles. The molecule has 0 spiro atoms. The van der Waals surface area contributed by atoms with E-state index in [1.165, 1.54) is 47.6 Å². The maximum Gasteiger partial charge on any atom is 0.216 e. The predicted octanol–water partition coefficient (Wildman–Crippen LogP) is 3.87. The smallest absolute Gasteiger partial charge is 0.216 e. The average Bonchev–Trinajstić information content (AvgIpc) is 2.50. The van der Waals surface area contributed by atoms with Crippen molar-refractivity contribution in [2.45, 2.75) is 39.0 Å². The lowest BCUT2D eigenvalue weighted by Gasteiger charge is -2.25. The Bertz CT molecular complexity index is 704. The zero-order valence-corrected chi connectivity index (χ0v) is 14.0. The van der Waals surface area contributed by atoms with Crippen LogP contribution >= 0.6 is 0 Å². The van der Waals surface area contributed by atoms with Gasteiger partial charge in [0, 0.05) is 13.5 Å². The Morgan fingerprint density at radius 1 is 1.26 bits per heavy atom. The van der Waals surface area contributed by atoms with Gasteiger partial charge in [-0.25, -0.2) is 0 Å². The third-order valence-corrected chi connectivity index (χ3v) is 4.82. The van der Waals surface area contributed by atoms with Crippen molar-refractivity contribution < 1.29 is 9.53 Å². The maximum atomic E-state index is 11.1. The second kappa shape index (κ2) is 7.03. The molecule has 3 rings (SSSR count). The van der Waals surface area contributed by atoms with Crippen molar-refractivity contribution in [2.24, 2.45) is 5.92 Å². The van der Waals surface area contributed by atoms with Crippen LogP contribution in [0, 0.1) is 5.92 Å². The van der Waals surface area contributed by atoms with Crippen molar-refractivity contribution in [3.05, 3.63) is 41.5 Å². The van der Waals surface area contributed by atoms with Crippen molar-refractivity contribution in [1.82, 2.24) is 5.32 Å². The lowest BCUT2D eigenvalue weighted by atomic mass is 9.80. The minimum atomic E-state index is 0.0255. The highest BCUT2D eigenvalue weighted by Crippen LogP contribution is 2.32. The highest BCUT2D eigenvalue weighted by molar-refractivity contribution is 5.88. The van der Waals surface area contributed by atoms with Crippen molar-refractivity contribution >= 4 is 16.7 Å². The van der Waals surface area contributed by atoms with E-state index in [2.05, 4.69) is 29.6 Å². The van der Waals surface area contributed by atoms with E-state index >= 15 is 0 Å². The van der Waals surface area contributed by atoms with Gasteiger partial charge < -0.3 is 10.1 Å². The van der Waals surface area contributed by atoms with Gasteiger partial charge in [-0.05, 0) is 52.8 Å². The number of ether oxygens (including phenoxy) is 1. The molecule has 1 aliphatic rings. The number of carbonyl (C=O) groups is 1. The van der Waals surface area contributed by atoms with Crippen molar-refractivity contribution in [3.63, 3.8) is 0 Å². The molecule has 0 radical (unpaired) electrons. The van der Waals surface area contributed by atoms with Gasteiger partial charge in [-0.1, -0.05) is 37.5 Å². The Morgan fingerprint density at radius 3 is 2.74 bits per heavy atom. The normalized spacial score (nSPS) is 14.5. The van der Waals surface area contributed by atoms with E-state index in [0.29, 0.717) is 6.54 Å². The lowest BCUT2D eigenvalue weighted by Crippen LogP contribution is -2.22. The van der Waals surface area contributed by atoms with Crippen LogP contribution in [-0.4, -0.2) is 19.6 Å². The lowest BCUT2D eigenvalue weighted by molar-refractivity contribution is -0.118. The monoisotopic (exact) mass is 311 g/mol. The molecule has 0 saturated heterocycles. The van der Waals surface area contributed by atoms with Crippen molar-refractivity contribution in [1.29, 1.82) is 0 Å². The molecule has 1 fully saturated rings. The molecule has 1 N–H and O–H groups in total. The second-order valence-electron chi connectivity index (χ2n) is 6.58. The quantitative estimate of drug-likeness (QED) is 0.879. The summed E-state index contributed by atoms with van der Waals surface area (Å²) in [5, 5.41) is 5.39. The number of hydrogen-bond donors (Lipinski definition) is 1. The number of rotatable bonds is 6. The van der Waals surface area contributed by atoms with E-state index in [1.54, 1.807) is 14.0 Å². The summed E-state index contributed by atoms with van der Waals surface area (Å²) in [6, 6.07) is 10.9. The zero-order chi connectivity index (χ0) is 16.2. The van der Waals surface area contributed by atoms with Crippen LogP contribution in [0.15, 0.2) is 30.3 Å². The molecule has 3 nitrogen and oxygen atoms in total. The summed E-state index contributed by atoms with van der Waals surface area (Å²) in [5.74, 6) is 1.76. The fourth-order valence-corrected chi connectivity index (χ4v) is 3.34. The van der Waals surface area contributed by atoms with Crippen LogP contribution in [0.25, 0.3) is 10.8 Å². The first-order valence-corrected chi connectivity index (χ1v) is 8.49. The van der Waals surface area contributed by atoms with Gasteiger partial charge in [-0.3, -0.25) is 4.79 Å². The maximum absolute atomic E-state index is 11.1. The van der Waals surface area contributed by atoms with Gasteiger partial charge in [0.1, 0.15) is 5.75 Å². The standard InChI is InChI=1S/C20H25NO2/c1-14(22)21-9-8-18-12-16(10-15-4-3-5-15)11-17-6-7-19(23-2)13-20(17)18/h6-7,11-13,15H,3-5,8-10H2,1-2H3,(H,21,22). The highest BCUT2D eigenvalue weighted by atomic mass is 16.5. The first kappa shape index (κ1) is 15.9. The molecule has 0 aliphatic heterocycles. The van der Waals surface area contributed by atoms with E-state index in [9.17, 15) is 4.79 Å². The molecular weight excluding hydrogens is 286 g/mol. The third-order valence-electron chi connectivity index (χ3n) is 4.82. The summed E-state index contributed by atoms with van der Waals surface area (Å²) < 4.78 is 5.37. The third kappa shape index (κ3) is 3.84. The van der Waals surface area contributed by atoms with Crippen LogP contribution in [0.2, 0.25) is 0 Å². The first-order valence-electron chi connectivity index (χ1n) is 8.49. The van der Waals surface area contributed by atoms with Crippen molar-refractivity contribution in [3.8, 4) is 5.75 Å². The van der Waals surface area contributed by atoms with Gasteiger partial charge in [-0.15, -0.1) is 0 Å². The summed E-state index contributed by atoms with van der Waals surface area (Å²) in [5.41, 5.74) is 2.72. The van der Waals surface area contributed by atoms with E-state index in [1.807, 2.05) is 6.07 Å². The Hall–Kier alpha value is -2.03. The van der Waals surface area contributed by atoms with Gasteiger partial charge in [0.25, 0.3) is 0 Å². The topological polar surface area (TPSA) is 38.3 Å². The molecule has 2 aromatic carbocycles. The van der Waals surface area contributed by atoms with Crippen molar-refractivity contribution in [2.75, 3.05) is 13.7 Å². The molecule has 1 saturated carbocycles. The molecular formula is C20H25NO2. The molecule has 23 heavy (non-hydrogen) atoms. The fraction of sp³-hybridized carbons (Fsp3) is 0.450. The number of fused-ring (bicyclic) bond motifs is 1. The number of nitrogens with one attached hydrogen (secondary N) is 1. The molecule has 0 unspecified atom stereocenters. The molecule has 1 aliphatic carbocycles. The Labute approximate surface area is 138 Å². The average molecular weight is 311 g/mol. The number of methoxy groups -OCH3 is 1. The van der Waals surface area contributed by atoms with Crippen LogP contribution in [0.1, 0.15) is 37.3 Å². The van der Waals surface area contributed by atoms with Gasteiger partial charge in [0.05, 0.1) is 7.11 Å². The highest BCUT2D eigenvalue weighted by Gasteiger charge is 2.18. The summed E-state index contributed by atoms with van der Waals surface area (Å²) in [7, 11) is 1.70. The van der Waals surface area contributed by atoms with Crippen LogP contribution in [-0.2, 0) is 17.6 Å². The number of amides is 1. The van der Waals surface area contributed by atoms with Gasteiger partial charge in [-0.2, -0.15) is 0 Å². The second-order valence-corrected chi connectivity index (χ2v) is 6.58. The van der Waals surface area contributed by atoms with E-state index in [-0.39, 0.29) is 5.91 Å². The summed E-state index contributed by atoms with van der Waals surface area (Å²) >= 11 is 0. The largest absolute Gasteiger partial charge is 0.497 e. The predicted molar refractivity (Wildman–Crippen MR) is 93.9 cm³/mol. The van der Waals surface area contributed by atoms with Gasteiger partial charge in [0.15, 0.2) is 0 Å². The Balaban J connectivity index is 1.91. The summed E-state index contributed by atoms with van der Waals surface area (Å²) in [6.07, 6.45) is 6.13. The van der Waals surface area contributed by atoms with Crippen LogP contribution in [0.4, 0.5) is 0 Å². The fourth-order valence-electron chi connectivity index (χ4n) is 3.34. The Kier molecular flexibility index (Phi) is 4.85. The molecule has 0 aromatic heterocycles. The molecule has 122 valence electrons. The zero-order valence-electron chi connectivity index (χ0n) is 14.0. The number of hydrogen-bond acceptors (Lipinski definition) is 2. The molecule has 1 amide bonds. The molecule has 2 aromatic rings. The molecule has 0 bridgehead atoms. The van der Waals surface area contributed by atoms with E-state index in [4.69, 9.17) is 4.74 Å². The first-order chi connectivity index (χ1) is 11.2. The van der Waals surface area contributed by atoms with E-state index < -0.39 is 0 Å². The molecule has 3 heteroatoms. The van der Waals surface area contributed by atoms with Crippen LogP contribution < -0.4 is 10.1 Å². The van der Waals surface area contributed by atoms with E-state index in [0.717, 1.165) is 18.1 Å². The van der Waals surface area contributed by atoms with Crippen LogP contribution in [0.5, 0.6) is 5.75 Å². The Morgan fingerprint density at radius 2 is 2.09 bits per heavy atom. The number of benzene rings is 2.